The van der Waals surface area contributed by atoms with Crippen LogP contribution in [0.3, 0.4) is 0 Å². The van der Waals surface area contributed by atoms with E-state index in [1.807, 2.05) is 12.1 Å². The van der Waals surface area contributed by atoms with E-state index in [-0.39, 0.29) is 10.6 Å². The lowest BCUT2D eigenvalue weighted by Gasteiger charge is -2.37. The van der Waals surface area contributed by atoms with Crippen molar-refractivity contribution < 1.29 is 9.18 Å². The van der Waals surface area contributed by atoms with Crippen LogP contribution in [-0.4, -0.2) is 48.5 Å². The van der Waals surface area contributed by atoms with Crippen LogP contribution in [0.1, 0.15) is 36.0 Å². The van der Waals surface area contributed by atoms with Gasteiger partial charge in [-0.25, -0.2) is 9.37 Å². The number of hydrogen-bond acceptors (Lipinski definition) is 4. The Morgan fingerprint density at radius 1 is 1.24 bits per heavy atom. The molecule has 1 N–H and O–H groups in total. The van der Waals surface area contributed by atoms with Crippen LogP contribution in [0.15, 0.2) is 36.4 Å². The number of likely N-dealkylation sites (tertiary alicyclic amines) is 1. The highest BCUT2D eigenvalue weighted by atomic mass is 35.5. The second kappa shape index (κ2) is 8.67. The van der Waals surface area contributed by atoms with Crippen molar-refractivity contribution >= 4 is 29.1 Å². The minimum Gasteiger partial charge on any atom is -0.357 e. The predicted octanol–water partition coefficient (Wildman–Crippen LogP) is 4.44. The molecule has 2 aromatic rings. The number of nitrogens with one attached hydrogen (secondary N) is 1. The zero-order valence-corrected chi connectivity index (χ0v) is 17.3. The molecule has 1 saturated carbocycles. The lowest BCUT2D eigenvalue weighted by molar-refractivity contribution is 0.102. The van der Waals surface area contributed by atoms with Crippen LogP contribution < -0.4 is 10.2 Å². The van der Waals surface area contributed by atoms with Gasteiger partial charge in [-0.15, -0.1) is 0 Å². The van der Waals surface area contributed by atoms with Crippen molar-refractivity contribution in [3.63, 3.8) is 0 Å². The fourth-order valence-electron chi connectivity index (χ4n) is 3.89. The number of amides is 1. The summed E-state index contributed by atoms with van der Waals surface area (Å²) in [6, 6.07) is 9.73. The predicted molar refractivity (Wildman–Crippen MR) is 114 cm³/mol. The van der Waals surface area contributed by atoms with E-state index in [4.69, 9.17) is 11.6 Å². The zero-order valence-electron chi connectivity index (χ0n) is 16.6. The van der Waals surface area contributed by atoms with Crippen LogP contribution in [-0.2, 0) is 0 Å². The molecule has 1 saturated heterocycles. The van der Waals surface area contributed by atoms with Gasteiger partial charge in [0.15, 0.2) is 0 Å². The van der Waals surface area contributed by atoms with Crippen molar-refractivity contribution in [3.8, 4) is 0 Å². The first-order valence-corrected chi connectivity index (χ1v) is 10.6. The van der Waals surface area contributed by atoms with Crippen LogP contribution in [0.5, 0.6) is 0 Å². The van der Waals surface area contributed by atoms with E-state index in [9.17, 15) is 9.18 Å². The number of halogens is 2. The summed E-state index contributed by atoms with van der Waals surface area (Å²) in [6.07, 6.45) is 5.02. The molecule has 2 aliphatic rings. The van der Waals surface area contributed by atoms with E-state index >= 15 is 0 Å². The lowest BCUT2D eigenvalue weighted by Crippen LogP contribution is -2.44. The molecule has 0 atom stereocenters. The molecule has 0 bridgehead atoms. The molecule has 0 unspecified atom stereocenters. The van der Waals surface area contributed by atoms with Gasteiger partial charge in [-0.3, -0.25) is 4.79 Å². The molecule has 154 valence electrons. The fourth-order valence-corrected chi connectivity index (χ4v) is 4.14. The maximum atomic E-state index is 13.2. The molecule has 2 fully saturated rings. The average Bonchev–Trinajstić information content (AvgIpc) is 3.52. The molecule has 1 aromatic heterocycles. The topological polar surface area (TPSA) is 48.5 Å². The van der Waals surface area contributed by atoms with Crippen LogP contribution in [0.4, 0.5) is 16.0 Å². The van der Waals surface area contributed by atoms with Gasteiger partial charge >= 0.3 is 0 Å². The van der Waals surface area contributed by atoms with E-state index in [0.717, 1.165) is 43.7 Å². The molecule has 0 radical (unpaired) electrons. The second-order valence-corrected chi connectivity index (χ2v) is 8.45. The summed E-state index contributed by atoms with van der Waals surface area (Å²) in [5.74, 6) is 1.33. The molecule has 1 amide bonds. The summed E-state index contributed by atoms with van der Waals surface area (Å²) >= 11 is 5.99. The van der Waals surface area contributed by atoms with E-state index in [1.54, 1.807) is 6.07 Å². The Balaban J connectivity index is 1.38. The molecule has 29 heavy (non-hydrogen) atoms. The summed E-state index contributed by atoms with van der Waals surface area (Å²) in [7, 11) is 2.06. The number of carbonyl (C=O) groups is 1. The Kier molecular flexibility index (Phi) is 6.01. The number of benzene rings is 1. The highest BCUT2D eigenvalue weighted by molar-refractivity contribution is 6.34. The number of piperidine rings is 1. The largest absolute Gasteiger partial charge is 0.357 e. The number of carbonyl (C=O) groups excluding carboxylic acids is 1. The molecule has 1 aromatic carbocycles. The van der Waals surface area contributed by atoms with Crippen molar-refractivity contribution in [1.82, 2.24) is 9.88 Å². The third-order valence-corrected chi connectivity index (χ3v) is 6.14. The van der Waals surface area contributed by atoms with Crippen LogP contribution in [0, 0.1) is 11.7 Å². The Hall–Kier alpha value is -2.18. The van der Waals surface area contributed by atoms with E-state index in [1.165, 1.54) is 31.5 Å². The molecule has 2 heterocycles. The minimum absolute atomic E-state index is 0.0775. The SMILES string of the molecule is CN(c1cccc(NC(=O)c2ccc(F)cc2Cl)n1)C1CCN(CC2CC2)CC1. The number of aromatic nitrogens is 1. The van der Waals surface area contributed by atoms with Gasteiger partial charge in [0.2, 0.25) is 0 Å². The van der Waals surface area contributed by atoms with Crippen LogP contribution in [0.25, 0.3) is 0 Å². The van der Waals surface area contributed by atoms with Crippen molar-refractivity contribution in [1.29, 1.82) is 0 Å². The van der Waals surface area contributed by atoms with E-state index in [2.05, 4.69) is 27.1 Å². The molecular formula is C22H26ClFN4O. The third-order valence-electron chi connectivity index (χ3n) is 5.83. The van der Waals surface area contributed by atoms with Crippen molar-refractivity contribution in [2.75, 3.05) is 36.9 Å². The van der Waals surface area contributed by atoms with Crippen molar-refractivity contribution in [2.45, 2.75) is 31.7 Å². The standard InChI is InChI=1S/C22H26ClFN4O/c1-27(17-9-11-28(12-10-17)14-15-5-6-15)21-4-2-3-20(25-21)26-22(29)18-8-7-16(24)13-19(18)23/h2-4,7-8,13,15,17H,5-6,9-12,14H2,1H3,(H,25,26,29). The van der Waals surface area contributed by atoms with Crippen LogP contribution >= 0.6 is 11.6 Å². The molecule has 0 spiro atoms. The quantitative estimate of drug-likeness (QED) is 0.756. The van der Waals surface area contributed by atoms with Gasteiger partial charge < -0.3 is 15.1 Å². The van der Waals surface area contributed by atoms with Gasteiger partial charge in [0.05, 0.1) is 10.6 Å². The summed E-state index contributed by atoms with van der Waals surface area (Å²) in [4.78, 5) is 21.9. The van der Waals surface area contributed by atoms with Crippen LogP contribution in [0.2, 0.25) is 5.02 Å². The Bertz CT molecular complexity index is 881. The number of rotatable bonds is 6. The maximum Gasteiger partial charge on any atom is 0.258 e. The van der Waals surface area contributed by atoms with Gasteiger partial charge in [0.1, 0.15) is 17.5 Å². The third kappa shape index (κ3) is 5.06. The minimum atomic E-state index is -0.475. The summed E-state index contributed by atoms with van der Waals surface area (Å²) in [6.45, 7) is 3.51. The fraction of sp³-hybridized carbons (Fsp3) is 0.455. The summed E-state index contributed by atoms with van der Waals surface area (Å²) < 4.78 is 13.2. The van der Waals surface area contributed by atoms with Crippen molar-refractivity contribution in [3.05, 3.63) is 52.8 Å². The summed E-state index contributed by atoms with van der Waals surface area (Å²) in [5.41, 5.74) is 0.219. The Labute approximate surface area is 175 Å². The van der Waals surface area contributed by atoms with Gasteiger partial charge in [-0.2, -0.15) is 0 Å². The molecule has 7 heteroatoms. The number of anilines is 2. The average molecular weight is 417 g/mol. The molecule has 1 aliphatic carbocycles. The first kappa shape index (κ1) is 20.1. The van der Waals surface area contributed by atoms with Crippen molar-refractivity contribution in [2.24, 2.45) is 5.92 Å². The first-order chi connectivity index (χ1) is 14.0. The first-order valence-electron chi connectivity index (χ1n) is 10.2. The molecule has 4 rings (SSSR count). The van der Waals surface area contributed by atoms with Gasteiger partial charge in [0.25, 0.3) is 5.91 Å². The normalized spacial score (nSPS) is 17.9. The van der Waals surface area contributed by atoms with Gasteiger partial charge in [0, 0.05) is 32.7 Å². The van der Waals surface area contributed by atoms with E-state index in [0.29, 0.717) is 11.9 Å². The molecule has 1 aliphatic heterocycles. The highest BCUT2D eigenvalue weighted by Crippen LogP contribution is 2.31. The number of pyridine rings is 1. The zero-order chi connectivity index (χ0) is 20.4. The summed E-state index contributed by atoms with van der Waals surface area (Å²) in [5, 5.41) is 2.84. The highest BCUT2D eigenvalue weighted by Gasteiger charge is 2.28. The van der Waals surface area contributed by atoms with Gasteiger partial charge in [-0.1, -0.05) is 17.7 Å². The number of nitrogens with zero attached hydrogens (tertiary/aromatic N) is 3. The Morgan fingerprint density at radius 3 is 2.69 bits per heavy atom. The number of hydrogen-bond donors (Lipinski definition) is 1. The van der Waals surface area contributed by atoms with Gasteiger partial charge in [-0.05, 0) is 61.9 Å². The smallest absolute Gasteiger partial charge is 0.258 e. The Morgan fingerprint density at radius 2 is 2.00 bits per heavy atom. The monoisotopic (exact) mass is 416 g/mol. The molecule has 5 nitrogen and oxygen atoms in total. The lowest BCUT2D eigenvalue weighted by atomic mass is 10.0. The second-order valence-electron chi connectivity index (χ2n) is 8.05. The molecular weight excluding hydrogens is 391 g/mol. The van der Waals surface area contributed by atoms with E-state index < -0.39 is 11.7 Å². The maximum absolute atomic E-state index is 13.2.